The van der Waals surface area contributed by atoms with Crippen molar-refractivity contribution in [2.75, 3.05) is 23.3 Å². The summed E-state index contributed by atoms with van der Waals surface area (Å²) in [6.07, 6.45) is 1.05. The Morgan fingerprint density at radius 1 is 1.50 bits per heavy atom. The summed E-state index contributed by atoms with van der Waals surface area (Å²) in [7, 11) is 0. The average Bonchev–Trinajstić information content (AvgIpc) is 2.34. The Morgan fingerprint density at radius 3 is 2.94 bits per heavy atom. The molecule has 0 radical (unpaired) electrons. The van der Waals surface area contributed by atoms with Crippen molar-refractivity contribution in [2.24, 2.45) is 5.92 Å². The van der Waals surface area contributed by atoms with Crippen molar-refractivity contribution in [1.82, 2.24) is 0 Å². The fourth-order valence-corrected chi connectivity index (χ4v) is 2.04. The van der Waals surface area contributed by atoms with Gasteiger partial charge < -0.3 is 10.2 Å². The summed E-state index contributed by atoms with van der Waals surface area (Å²) in [4.78, 5) is 13.7. The molecule has 0 unspecified atom stereocenters. The lowest BCUT2D eigenvalue weighted by Crippen LogP contribution is -2.39. The van der Waals surface area contributed by atoms with Crippen LogP contribution in [-0.4, -0.2) is 19.0 Å². The molecule has 1 heterocycles. The van der Waals surface area contributed by atoms with Gasteiger partial charge >= 0.3 is 0 Å². The Kier molecular flexibility index (Phi) is 3.52. The molecule has 2 rings (SSSR count). The van der Waals surface area contributed by atoms with Gasteiger partial charge in [0.2, 0.25) is 5.91 Å². The van der Waals surface area contributed by atoms with Crippen molar-refractivity contribution in [1.29, 1.82) is 5.26 Å². The Hall–Kier alpha value is -2.02. The lowest BCUT2D eigenvalue weighted by molar-refractivity contribution is -0.115. The van der Waals surface area contributed by atoms with Gasteiger partial charge in [-0.05, 0) is 30.5 Å². The average molecular weight is 243 g/mol. The fourth-order valence-electron chi connectivity index (χ4n) is 2.04. The van der Waals surface area contributed by atoms with E-state index >= 15 is 0 Å². The first-order chi connectivity index (χ1) is 8.60. The number of hydrogen-bond donors (Lipinski definition) is 1. The number of nitrogens with zero attached hydrogens (tertiary/aromatic N) is 2. The van der Waals surface area contributed by atoms with Crippen LogP contribution in [-0.2, 0) is 4.79 Å². The third kappa shape index (κ3) is 2.62. The van der Waals surface area contributed by atoms with Crippen LogP contribution >= 0.6 is 0 Å². The first-order valence-corrected chi connectivity index (χ1v) is 6.19. The maximum Gasteiger partial charge on any atom is 0.243 e. The summed E-state index contributed by atoms with van der Waals surface area (Å²) in [5.74, 6) is 0.596. The highest BCUT2D eigenvalue weighted by atomic mass is 16.2. The molecule has 94 valence electrons. The molecule has 1 amide bonds. The molecule has 0 saturated carbocycles. The van der Waals surface area contributed by atoms with Gasteiger partial charge in [-0.25, -0.2) is 0 Å². The molecular weight excluding hydrogens is 226 g/mol. The van der Waals surface area contributed by atoms with Gasteiger partial charge in [-0.3, -0.25) is 4.79 Å². The molecule has 1 N–H and O–H groups in total. The van der Waals surface area contributed by atoms with Crippen LogP contribution in [0.2, 0.25) is 0 Å². The molecule has 0 aliphatic carbocycles. The number of nitrogens with one attached hydrogen (secondary N) is 1. The van der Waals surface area contributed by atoms with Gasteiger partial charge in [-0.1, -0.05) is 13.8 Å². The number of nitriles is 1. The minimum Gasteiger partial charge on any atom is -0.361 e. The lowest BCUT2D eigenvalue weighted by Gasteiger charge is -2.31. The number of amides is 1. The number of benzene rings is 1. The van der Waals surface area contributed by atoms with Crippen molar-refractivity contribution < 1.29 is 4.79 Å². The van der Waals surface area contributed by atoms with Crippen molar-refractivity contribution in [3.8, 4) is 6.07 Å². The summed E-state index contributed by atoms with van der Waals surface area (Å²) in [5.41, 5.74) is 2.32. The van der Waals surface area contributed by atoms with Crippen LogP contribution < -0.4 is 10.2 Å². The van der Waals surface area contributed by atoms with Crippen molar-refractivity contribution in [3.63, 3.8) is 0 Å². The maximum absolute atomic E-state index is 11.6. The molecule has 1 aromatic rings. The first-order valence-electron chi connectivity index (χ1n) is 6.19. The third-order valence-electron chi connectivity index (χ3n) is 3.05. The Morgan fingerprint density at radius 2 is 2.28 bits per heavy atom. The Bertz CT molecular complexity index is 502. The van der Waals surface area contributed by atoms with Crippen LogP contribution in [0.4, 0.5) is 11.4 Å². The predicted octanol–water partition coefficient (Wildman–Crippen LogP) is 2.36. The molecule has 0 aromatic heterocycles. The van der Waals surface area contributed by atoms with Gasteiger partial charge in [-0.15, -0.1) is 0 Å². The van der Waals surface area contributed by atoms with E-state index in [4.69, 9.17) is 5.26 Å². The second-order valence-electron chi connectivity index (χ2n) is 5.00. The fraction of sp³-hybridized carbons (Fsp3) is 0.429. The smallest absolute Gasteiger partial charge is 0.243 e. The summed E-state index contributed by atoms with van der Waals surface area (Å²) in [6, 6.07) is 7.52. The van der Waals surface area contributed by atoms with Crippen molar-refractivity contribution >= 4 is 17.3 Å². The number of hydrogen-bond acceptors (Lipinski definition) is 3. The molecule has 18 heavy (non-hydrogen) atoms. The van der Waals surface area contributed by atoms with Crippen LogP contribution in [0.1, 0.15) is 25.8 Å². The van der Waals surface area contributed by atoms with Crippen LogP contribution in [0.5, 0.6) is 0 Å². The van der Waals surface area contributed by atoms with Gasteiger partial charge in [0, 0.05) is 6.54 Å². The molecule has 4 heteroatoms. The maximum atomic E-state index is 11.6. The lowest BCUT2D eigenvalue weighted by atomic mass is 10.1. The van der Waals surface area contributed by atoms with Crippen molar-refractivity contribution in [2.45, 2.75) is 20.3 Å². The summed E-state index contributed by atoms with van der Waals surface area (Å²) < 4.78 is 0. The van der Waals surface area contributed by atoms with Crippen LogP contribution in [0.3, 0.4) is 0 Å². The molecule has 4 nitrogen and oxygen atoms in total. The highest BCUT2D eigenvalue weighted by Crippen LogP contribution is 2.30. The first kappa shape index (κ1) is 12.4. The quantitative estimate of drug-likeness (QED) is 0.886. The highest BCUT2D eigenvalue weighted by molar-refractivity contribution is 6.01. The van der Waals surface area contributed by atoms with Gasteiger partial charge in [0.05, 0.1) is 29.6 Å². The second kappa shape index (κ2) is 5.09. The van der Waals surface area contributed by atoms with E-state index in [9.17, 15) is 4.79 Å². The number of rotatable bonds is 3. The van der Waals surface area contributed by atoms with E-state index < -0.39 is 0 Å². The zero-order chi connectivity index (χ0) is 13.1. The molecule has 0 saturated heterocycles. The summed E-state index contributed by atoms with van der Waals surface area (Å²) >= 11 is 0. The Labute approximate surface area is 107 Å². The number of anilines is 2. The second-order valence-corrected chi connectivity index (χ2v) is 5.00. The van der Waals surface area contributed by atoms with Gasteiger partial charge in [0.1, 0.15) is 0 Å². The van der Waals surface area contributed by atoms with Gasteiger partial charge in [-0.2, -0.15) is 5.26 Å². The Balaban J connectivity index is 2.26. The molecule has 0 atom stereocenters. The van der Waals surface area contributed by atoms with E-state index in [1.165, 1.54) is 0 Å². The van der Waals surface area contributed by atoms with E-state index in [-0.39, 0.29) is 5.91 Å². The number of carbonyl (C=O) groups is 1. The largest absolute Gasteiger partial charge is 0.361 e. The normalized spacial score (nSPS) is 14.1. The van der Waals surface area contributed by atoms with Crippen LogP contribution in [0, 0.1) is 17.2 Å². The molecular formula is C14H17N3O. The molecule has 0 bridgehead atoms. The highest BCUT2D eigenvalue weighted by Gasteiger charge is 2.21. The molecule has 1 aliphatic heterocycles. The zero-order valence-corrected chi connectivity index (χ0v) is 10.7. The van der Waals surface area contributed by atoms with E-state index in [0.717, 1.165) is 24.3 Å². The van der Waals surface area contributed by atoms with E-state index in [1.54, 1.807) is 12.1 Å². The monoisotopic (exact) mass is 243 g/mol. The predicted molar refractivity (Wildman–Crippen MR) is 71.5 cm³/mol. The zero-order valence-electron chi connectivity index (χ0n) is 10.7. The molecule has 1 aromatic carbocycles. The number of carbonyl (C=O) groups excluding carboxylic acids is 1. The van der Waals surface area contributed by atoms with E-state index in [2.05, 4.69) is 30.1 Å². The molecule has 0 spiro atoms. The SMILES string of the molecule is CC(C)CCN1CC(=O)Nc2cc(C#N)ccc21. The van der Waals surface area contributed by atoms with Gasteiger partial charge in [0.15, 0.2) is 0 Å². The third-order valence-corrected chi connectivity index (χ3v) is 3.05. The summed E-state index contributed by atoms with van der Waals surface area (Å²) in [5, 5.41) is 11.7. The molecule has 0 fully saturated rings. The van der Waals surface area contributed by atoms with Crippen LogP contribution in [0.15, 0.2) is 18.2 Å². The van der Waals surface area contributed by atoms with E-state index in [1.807, 2.05) is 6.07 Å². The standard InChI is InChI=1S/C14H17N3O/c1-10(2)5-6-17-9-14(18)16-12-7-11(8-15)3-4-13(12)17/h3-4,7,10H,5-6,9H2,1-2H3,(H,16,18). The molecule has 1 aliphatic rings. The minimum absolute atomic E-state index is 0.0126. The minimum atomic E-state index is -0.0126. The topological polar surface area (TPSA) is 56.1 Å². The van der Waals surface area contributed by atoms with Crippen LogP contribution in [0.25, 0.3) is 0 Å². The number of fused-ring (bicyclic) bond motifs is 1. The van der Waals surface area contributed by atoms with E-state index in [0.29, 0.717) is 18.0 Å². The van der Waals surface area contributed by atoms with Gasteiger partial charge in [0.25, 0.3) is 0 Å². The van der Waals surface area contributed by atoms with Crippen molar-refractivity contribution in [3.05, 3.63) is 23.8 Å². The summed E-state index contributed by atoms with van der Waals surface area (Å²) in [6.45, 7) is 5.60.